The molecule has 0 aromatic heterocycles. The van der Waals surface area contributed by atoms with Crippen LogP contribution in [0.15, 0.2) is 18.2 Å². The van der Waals surface area contributed by atoms with E-state index in [1.165, 1.54) is 0 Å². The molecule has 0 atom stereocenters. The van der Waals surface area contributed by atoms with Gasteiger partial charge in [0.1, 0.15) is 0 Å². The van der Waals surface area contributed by atoms with Crippen LogP contribution in [0.1, 0.15) is 11.1 Å². The lowest BCUT2D eigenvalue weighted by atomic mass is 10.1. The summed E-state index contributed by atoms with van der Waals surface area (Å²) >= 11 is 3.97. The van der Waals surface area contributed by atoms with Gasteiger partial charge in [0, 0.05) is 12.7 Å². The molecule has 1 rings (SSSR count). The quantitative estimate of drug-likeness (QED) is 0.740. The Kier molecular flexibility index (Phi) is 3.58. The summed E-state index contributed by atoms with van der Waals surface area (Å²) in [4.78, 5) is 13.1. The number of carbonyl (C=O) groups excluding carboxylic acids is 1. The van der Waals surface area contributed by atoms with Gasteiger partial charge in [0.15, 0.2) is 0 Å². The summed E-state index contributed by atoms with van der Waals surface area (Å²) < 4.78 is 0. The molecular formula is C11H15NOS. The van der Waals surface area contributed by atoms with E-state index in [2.05, 4.69) is 12.6 Å². The van der Waals surface area contributed by atoms with Crippen molar-refractivity contribution >= 4 is 24.2 Å². The Labute approximate surface area is 90.3 Å². The molecule has 3 heteroatoms. The molecule has 2 nitrogen and oxygen atoms in total. The molecule has 0 aliphatic rings. The SMILES string of the molecule is Cc1ccc(C)c(N(C)C(=O)CS)c1. The average molecular weight is 209 g/mol. The molecule has 0 aliphatic heterocycles. The van der Waals surface area contributed by atoms with E-state index in [0.29, 0.717) is 0 Å². The number of hydrogen-bond donors (Lipinski definition) is 1. The molecule has 0 bridgehead atoms. The Balaban J connectivity index is 3.05. The highest BCUT2D eigenvalue weighted by Crippen LogP contribution is 2.20. The lowest BCUT2D eigenvalue weighted by Gasteiger charge is -2.19. The fourth-order valence-electron chi connectivity index (χ4n) is 1.32. The van der Waals surface area contributed by atoms with Crippen LogP contribution in [0, 0.1) is 13.8 Å². The van der Waals surface area contributed by atoms with Crippen LogP contribution in [-0.2, 0) is 4.79 Å². The molecule has 0 spiro atoms. The first-order chi connectivity index (χ1) is 6.56. The second kappa shape index (κ2) is 4.51. The van der Waals surface area contributed by atoms with Gasteiger partial charge < -0.3 is 4.90 Å². The Morgan fingerprint density at radius 1 is 1.43 bits per heavy atom. The number of benzene rings is 1. The zero-order valence-electron chi connectivity index (χ0n) is 8.74. The van der Waals surface area contributed by atoms with E-state index in [0.717, 1.165) is 16.8 Å². The fraction of sp³-hybridized carbons (Fsp3) is 0.364. The topological polar surface area (TPSA) is 20.3 Å². The number of anilines is 1. The van der Waals surface area contributed by atoms with Crippen LogP contribution < -0.4 is 4.90 Å². The summed E-state index contributed by atoms with van der Waals surface area (Å²) in [5, 5.41) is 0. The predicted molar refractivity (Wildman–Crippen MR) is 63.2 cm³/mol. The highest BCUT2D eigenvalue weighted by Gasteiger charge is 2.10. The van der Waals surface area contributed by atoms with Gasteiger partial charge in [-0.3, -0.25) is 4.79 Å². The van der Waals surface area contributed by atoms with E-state index in [9.17, 15) is 4.79 Å². The zero-order valence-corrected chi connectivity index (χ0v) is 9.64. The number of hydrogen-bond acceptors (Lipinski definition) is 2. The van der Waals surface area contributed by atoms with E-state index in [1.807, 2.05) is 32.0 Å². The van der Waals surface area contributed by atoms with Crippen LogP contribution in [0.25, 0.3) is 0 Å². The maximum Gasteiger partial charge on any atom is 0.236 e. The summed E-state index contributed by atoms with van der Waals surface area (Å²) in [6.45, 7) is 4.01. The van der Waals surface area contributed by atoms with Crippen LogP contribution >= 0.6 is 12.6 Å². The number of thiol groups is 1. The number of amides is 1. The molecule has 0 saturated carbocycles. The number of carbonyl (C=O) groups is 1. The highest BCUT2D eigenvalue weighted by atomic mass is 32.1. The molecular weight excluding hydrogens is 194 g/mol. The van der Waals surface area contributed by atoms with Crippen molar-refractivity contribution in [2.75, 3.05) is 17.7 Å². The molecule has 0 fully saturated rings. The van der Waals surface area contributed by atoms with E-state index in [1.54, 1.807) is 11.9 Å². The maximum absolute atomic E-state index is 11.4. The van der Waals surface area contributed by atoms with E-state index < -0.39 is 0 Å². The Morgan fingerprint density at radius 2 is 2.07 bits per heavy atom. The second-order valence-corrected chi connectivity index (χ2v) is 3.72. The van der Waals surface area contributed by atoms with E-state index >= 15 is 0 Å². The van der Waals surface area contributed by atoms with Crippen molar-refractivity contribution in [3.05, 3.63) is 29.3 Å². The molecule has 1 aromatic rings. The summed E-state index contributed by atoms with van der Waals surface area (Å²) in [5.74, 6) is 0.256. The molecule has 0 N–H and O–H groups in total. The molecule has 76 valence electrons. The molecule has 14 heavy (non-hydrogen) atoms. The maximum atomic E-state index is 11.4. The van der Waals surface area contributed by atoms with E-state index in [4.69, 9.17) is 0 Å². The van der Waals surface area contributed by atoms with Crippen molar-refractivity contribution in [2.45, 2.75) is 13.8 Å². The molecule has 0 radical (unpaired) electrons. The largest absolute Gasteiger partial charge is 0.315 e. The monoisotopic (exact) mass is 209 g/mol. The van der Waals surface area contributed by atoms with Crippen molar-refractivity contribution in [1.29, 1.82) is 0 Å². The van der Waals surface area contributed by atoms with Gasteiger partial charge in [-0.15, -0.1) is 0 Å². The lowest BCUT2D eigenvalue weighted by molar-refractivity contribution is -0.115. The fourth-order valence-corrected chi connectivity index (χ4v) is 1.53. The number of rotatable bonds is 2. The second-order valence-electron chi connectivity index (χ2n) is 3.40. The van der Waals surface area contributed by atoms with Crippen molar-refractivity contribution in [2.24, 2.45) is 0 Å². The molecule has 0 heterocycles. The average Bonchev–Trinajstić information content (AvgIpc) is 2.19. The Hall–Kier alpha value is -0.960. The molecule has 0 saturated heterocycles. The standard InChI is InChI=1S/C11H15NOS/c1-8-4-5-9(2)10(6-8)12(3)11(13)7-14/h4-6,14H,7H2,1-3H3. The zero-order chi connectivity index (χ0) is 10.7. The molecule has 1 amide bonds. The van der Waals surface area contributed by atoms with Crippen LogP contribution in [0.4, 0.5) is 5.69 Å². The predicted octanol–water partition coefficient (Wildman–Crippen LogP) is 2.20. The molecule has 1 aromatic carbocycles. The normalized spacial score (nSPS) is 10.0. The third-order valence-corrected chi connectivity index (χ3v) is 2.51. The third-order valence-electron chi connectivity index (χ3n) is 2.24. The van der Waals surface area contributed by atoms with Crippen LogP contribution in [0.3, 0.4) is 0 Å². The van der Waals surface area contributed by atoms with Gasteiger partial charge in [-0.2, -0.15) is 12.6 Å². The van der Waals surface area contributed by atoms with Crippen molar-refractivity contribution in [1.82, 2.24) is 0 Å². The minimum Gasteiger partial charge on any atom is -0.315 e. The van der Waals surface area contributed by atoms with Crippen molar-refractivity contribution in [3.8, 4) is 0 Å². The number of nitrogens with zero attached hydrogens (tertiary/aromatic N) is 1. The van der Waals surface area contributed by atoms with Crippen molar-refractivity contribution in [3.63, 3.8) is 0 Å². The summed E-state index contributed by atoms with van der Waals surface area (Å²) in [6, 6.07) is 6.07. The van der Waals surface area contributed by atoms with Gasteiger partial charge in [0.25, 0.3) is 0 Å². The van der Waals surface area contributed by atoms with Gasteiger partial charge in [-0.25, -0.2) is 0 Å². The smallest absolute Gasteiger partial charge is 0.236 e. The van der Waals surface area contributed by atoms with Gasteiger partial charge >= 0.3 is 0 Å². The van der Waals surface area contributed by atoms with Crippen LogP contribution in [-0.4, -0.2) is 18.7 Å². The van der Waals surface area contributed by atoms with Gasteiger partial charge in [-0.1, -0.05) is 12.1 Å². The minimum absolute atomic E-state index is 0.0158. The van der Waals surface area contributed by atoms with Gasteiger partial charge in [-0.05, 0) is 31.0 Å². The van der Waals surface area contributed by atoms with E-state index in [-0.39, 0.29) is 11.7 Å². The molecule has 0 unspecified atom stereocenters. The third kappa shape index (κ3) is 2.29. The lowest BCUT2D eigenvalue weighted by Crippen LogP contribution is -2.27. The van der Waals surface area contributed by atoms with Crippen LogP contribution in [0.2, 0.25) is 0 Å². The number of aryl methyl sites for hydroxylation is 2. The molecule has 0 aliphatic carbocycles. The first kappa shape index (κ1) is 11.1. The highest BCUT2D eigenvalue weighted by molar-refractivity contribution is 7.81. The summed E-state index contributed by atoms with van der Waals surface area (Å²) in [5.41, 5.74) is 3.22. The minimum atomic E-state index is 0.0158. The first-order valence-corrected chi connectivity index (χ1v) is 5.14. The Bertz CT molecular complexity index is 349. The summed E-state index contributed by atoms with van der Waals surface area (Å²) in [7, 11) is 1.78. The van der Waals surface area contributed by atoms with Gasteiger partial charge in [0.2, 0.25) is 5.91 Å². The Morgan fingerprint density at radius 3 is 2.64 bits per heavy atom. The first-order valence-electron chi connectivity index (χ1n) is 4.51. The van der Waals surface area contributed by atoms with Crippen molar-refractivity contribution < 1.29 is 4.79 Å². The van der Waals surface area contributed by atoms with Crippen LogP contribution in [0.5, 0.6) is 0 Å². The summed E-state index contributed by atoms with van der Waals surface area (Å²) in [6.07, 6.45) is 0. The van der Waals surface area contributed by atoms with Gasteiger partial charge in [0.05, 0.1) is 5.75 Å².